The first kappa shape index (κ1) is 15.5. The van der Waals surface area contributed by atoms with Crippen molar-refractivity contribution in [1.82, 2.24) is 0 Å². The number of fused-ring (bicyclic) bond motifs is 1. The minimum absolute atomic E-state index is 0.269. The van der Waals surface area contributed by atoms with Gasteiger partial charge in [-0.3, -0.25) is 0 Å². The predicted molar refractivity (Wildman–Crippen MR) is 91.2 cm³/mol. The smallest absolute Gasteiger partial charge is 0.175 e. The molecule has 2 aromatic rings. The van der Waals surface area contributed by atoms with Crippen LogP contribution < -0.4 is 4.74 Å². The molecule has 6 heteroatoms. The molecule has 0 fully saturated rings. The van der Waals surface area contributed by atoms with Crippen molar-refractivity contribution in [3.63, 3.8) is 0 Å². The fourth-order valence-electron chi connectivity index (χ4n) is 2.27. The Morgan fingerprint density at radius 1 is 1.14 bits per heavy atom. The van der Waals surface area contributed by atoms with Crippen LogP contribution in [0.3, 0.4) is 0 Å². The van der Waals surface area contributed by atoms with Gasteiger partial charge in [0.25, 0.3) is 0 Å². The van der Waals surface area contributed by atoms with Gasteiger partial charge in [-0.1, -0.05) is 0 Å². The van der Waals surface area contributed by atoms with Crippen LogP contribution in [0.5, 0.6) is 5.75 Å². The monoisotopic (exact) mass is 430 g/mol. The van der Waals surface area contributed by atoms with Crippen LogP contribution in [0.2, 0.25) is 0 Å². The van der Waals surface area contributed by atoms with Crippen molar-refractivity contribution in [2.75, 3.05) is 6.26 Å². The van der Waals surface area contributed by atoms with Gasteiger partial charge in [0, 0.05) is 27.4 Å². The molecule has 22 heavy (non-hydrogen) atoms. The maximum Gasteiger partial charge on any atom is 0.175 e. The normalized spacial score (nSPS) is 14.5. The van der Waals surface area contributed by atoms with Gasteiger partial charge in [-0.25, -0.2) is 12.8 Å². The second-order valence-electron chi connectivity index (χ2n) is 5.06. The summed E-state index contributed by atoms with van der Waals surface area (Å²) in [6, 6.07) is 11.0. The average Bonchev–Trinajstić information content (AvgIpc) is 2.45. The molecule has 1 aliphatic rings. The highest BCUT2D eigenvalue weighted by molar-refractivity contribution is 14.1. The third-order valence-electron chi connectivity index (χ3n) is 3.37. The molecule has 0 bridgehead atoms. The fraction of sp³-hybridized carbons (Fsp3) is 0.125. The van der Waals surface area contributed by atoms with Crippen LogP contribution in [0.4, 0.5) is 4.39 Å². The summed E-state index contributed by atoms with van der Waals surface area (Å²) < 4.78 is 43.1. The third kappa shape index (κ3) is 3.03. The van der Waals surface area contributed by atoms with E-state index in [-0.39, 0.29) is 10.7 Å². The zero-order valence-electron chi connectivity index (χ0n) is 11.6. The molecule has 0 radical (unpaired) electrons. The summed E-state index contributed by atoms with van der Waals surface area (Å²) in [5.74, 6) is 1.02. The Morgan fingerprint density at radius 2 is 1.82 bits per heavy atom. The highest BCUT2D eigenvalue weighted by Gasteiger charge is 2.20. The predicted octanol–water partition coefficient (Wildman–Crippen LogP) is 3.97. The minimum Gasteiger partial charge on any atom is -0.456 e. The van der Waals surface area contributed by atoms with E-state index in [2.05, 4.69) is 22.6 Å². The van der Waals surface area contributed by atoms with Crippen LogP contribution >= 0.6 is 22.6 Å². The van der Waals surface area contributed by atoms with Crippen molar-refractivity contribution >= 4 is 38.2 Å². The topological polar surface area (TPSA) is 43.4 Å². The van der Waals surface area contributed by atoms with E-state index in [1.807, 2.05) is 0 Å². The number of hydrogen-bond donors (Lipinski definition) is 0. The molecular formula is C16H12FIO3S. The van der Waals surface area contributed by atoms with Gasteiger partial charge < -0.3 is 4.74 Å². The maximum atomic E-state index is 13.3. The first-order valence-electron chi connectivity index (χ1n) is 6.50. The molecule has 3 nitrogen and oxygen atoms in total. The molecule has 0 aliphatic carbocycles. The molecule has 0 atom stereocenters. The molecule has 0 saturated carbocycles. The molecule has 0 N–H and O–H groups in total. The summed E-state index contributed by atoms with van der Waals surface area (Å²) in [5.41, 5.74) is 1.60. The number of allylic oxidation sites excluding steroid dienone is 1. The van der Waals surface area contributed by atoms with Crippen molar-refractivity contribution < 1.29 is 17.5 Å². The van der Waals surface area contributed by atoms with Gasteiger partial charge in [0.15, 0.2) is 9.84 Å². The Kier molecular flexibility index (Phi) is 3.98. The van der Waals surface area contributed by atoms with Crippen molar-refractivity contribution in [1.29, 1.82) is 0 Å². The van der Waals surface area contributed by atoms with E-state index in [9.17, 15) is 12.8 Å². The standard InChI is InChI=1S/C16H12FIO3S/c1-22(19,20)13-5-2-10(3-6-13)16-14(18)9-11-8-12(17)4-7-15(11)21-16/h2-8H,9H2,1H3. The number of sulfone groups is 1. The van der Waals surface area contributed by atoms with E-state index in [1.54, 1.807) is 30.3 Å². The first-order chi connectivity index (χ1) is 10.3. The van der Waals surface area contributed by atoms with E-state index in [0.29, 0.717) is 17.9 Å². The second kappa shape index (κ2) is 5.66. The van der Waals surface area contributed by atoms with Crippen LogP contribution in [-0.4, -0.2) is 14.7 Å². The van der Waals surface area contributed by atoms with Gasteiger partial charge in [0.05, 0.1) is 4.90 Å². The zero-order valence-corrected chi connectivity index (χ0v) is 14.6. The molecule has 0 aromatic heterocycles. The van der Waals surface area contributed by atoms with Crippen LogP contribution in [0.1, 0.15) is 11.1 Å². The quantitative estimate of drug-likeness (QED) is 0.678. The summed E-state index contributed by atoms with van der Waals surface area (Å²) >= 11 is 2.17. The molecule has 2 aromatic carbocycles. The van der Waals surface area contributed by atoms with Crippen molar-refractivity contribution in [2.24, 2.45) is 0 Å². The third-order valence-corrected chi connectivity index (χ3v) is 5.37. The highest BCUT2D eigenvalue weighted by atomic mass is 127. The fourth-order valence-corrected chi connectivity index (χ4v) is 3.73. The summed E-state index contributed by atoms with van der Waals surface area (Å²) in [4.78, 5) is 0.269. The summed E-state index contributed by atoms with van der Waals surface area (Å²) in [7, 11) is -3.22. The summed E-state index contributed by atoms with van der Waals surface area (Å²) in [5, 5.41) is 0. The van der Waals surface area contributed by atoms with E-state index in [0.717, 1.165) is 14.7 Å². The second-order valence-corrected chi connectivity index (χ2v) is 8.38. The zero-order chi connectivity index (χ0) is 15.9. The van der Waals surface area contributed by atoms with Crippen molar-refractivity contribution in [3.05, 3.63) is 63.0 Å². The molecule has 1 heterocycles. The van der Waals surface area contributed by atoms with E-state index in [4.69, 9.17) is 4.74 Å². The maximum absolute atomic E-state index is 13.3. The Morgan fingerprint density at radius 3 is 2.45 bits per heavy atom. The Hall–Kier alpha value is -1.41. The number of halogens is 2. The molecule has 0 unspecified atom stereocenters. The SMILES string of the molecule is CS(=O)(=O)c1ccc(C2=C(I)Cc3cc(F)ccc3O2)cc1. The largest absolute Gasteiger partial charge is 0.456 e. The average molecular weight is 430 g/mol. The molecule has 3 rings (SSSR count). The van der Waals surface area contributed by atoms with Crippen LogP contribution in [-0.2, 0) is 16.3 Å². The lowest BCUT2D eigenvalue weighted by Crippen LogP contribution is -2.07. The van der Waals surface area contributed by atoms with Crippen LogP contribution in [0, 0.1) is 5.82 Å². The lowest BCUT2D eigenvalue weighted by Gasteiger charge is -2.21. The van der Waals surface area contributed by atoms with Gasteiger partial charge in [-0.05, 0) is 65.1 Å². The van der Waals surface area contributed by atoms with Gasteiger partial charge in [-0.2, -0.15) is 0 Å². The Labute approximate surface area is 141 Å². The van der Waals surface area contributed by atoms with E-state index in [1.165, 1.54) is 18.4 Å². The van der Waals surface area contributed by atoms with Crippen LogP contribution in [0.25, 0.3) is 5.76 Å². The van der Waals surface area contributed by atoms with E-state index >= 15 is 0 Å². The number of hydrogen-bond acceptors (Lipinski definition) is 3. The van der Waals surface area contributed by atoms with Gasteiger partial charge in [0.2, 0.25) is 0 Å². The Bertz CT molecular complexity index is 871. The molecule has 114 valence electrons. The molecule has 0 saturated heterocycles. The lowest BCUT2D eigenvalue weighted by atomic mass is 10.0. The van der Waals surface area contributed by atoms with Crippen LogP contribution in [0.15, 0.2) is 50.9 Å². The summed E-state index contributed by atoms with van der Waals surface area (Å²) in [6.45, 7) is 0. The van der Waals surface area contributed by atoms with Crippen molar-refractivity contribution in [3.8, 4) is 5.75 Å². The number of benzene rings is 2. The molecule has 0 amide bonds. The van der Waals surface area contributed by atoms with Gasteiger partial charge >= 0.3 is 0 Å². The van der Waals surface area contributed by atoms with Crippen molar-refractivity contribution in [2.45, 2.75) is 11.3 Å². The highest BCUT2D eigenvalue weighted by Crippen LogP contribution is 2.37. The first-order valence-corrected chi connectivity index (χ1v) is 9.47. The minimum atomic E-state index is -3.22. The Balaban J connectivity index is 1.97. The number of rotatable bonds is 2. The number of ether oxygens (including phenoxy) is 1. The molecule has 0 spiro atoms. The van der Waals surface area contributed by atoms with E-state index < -0.39 is 9.84 Å². The molecule has 1 aliphatic heterocycles. The summed E-state index contributed by atoms with van der Waals surface area (Å²) in [6.07, 6.45) is 1.77. The van der Waals surface area contributed by atoms with Gasteiger partial charge in [-0.15, -0.1) is 0 Å². The lowest BCUT2D eigenvalue weighted by molar-refractivity contribution is 0.494. The van der Waals surface area contributed by atoms with Gasteiger partial charge in [0.1, 0.15) is 17.3 Å². The molecular weight excluding hydrogens is 418 g/mol.